The van der Waals surface area contributed by atoms with Crippen molar-refractivity contribution in [2.24, 2.45) is 0 Å². The monoisotopic (exact) mass is 397 g/mol. The van der Waals surface area contributed by atoms with Gasteiger partial charge in [-0.1, -0.05) is 18.2 Å². The maximum absolute atomic E-state index is 12.3. The van der Waals surface area contributed by atoms with Gasteiger partial charge in [0.25, 0.3) is 11.6 Å². The quantitative estimate of drug-likeness (QED) is 0.451. The number of benzene rings is 2. The van der Waals surface area contributed by atoms with E-state index < -0.39 is 10.9 Å². The second-order valence-corrected chi connectivity index (χ2v) is 6.99. The van der Waals surface area contributed by atoms with Crippen molar-refractivity contribution in [3.63, 3.8) is 0 Å². The number of likely N-dealkylation sites (tertiary alicyclic amines) is 1. The van der Waals surface area contributed by atoms with Crippen molar-refractivity contribution in [3.05, 3.63) is 64.2 Å². The van der Waals surface area contributed by atoms with E-state index in [1.54, 1.807) is 29.2 Å². The molecule has 0 bridgehead atoms. The first kappa shape index (κ1) is 20.3. The average molecular weight is 397 g/mol. The van der Waals surface area contributed by atoms with Crippen LogP contribution in [0.4, 0.5) is 17.1 Å². The van der Waals surface area contributed by atoms with E-state index in [4.69, 9.17) is 4.74 Å². The number of ether oxygens (including phenoxy) is 1. The lowest BCUT2D eigenvalue weighted by atomic mass is 10.0. The molecule has 1 aliphatic rings. The Morgan fingerprint density at radius 2 is 1.97 bits per heavy atom. The van der Waals surface area contributed by atoms with Gasteiger partial charge in [0.15, 0.2) is 6.61 Å². The van der Waals surface area contributed by atoms with E-state index in [-0.39, 0.29) is 35.5 Å². The number of amides is 1. The number of nitrogens with zero attached hydrogens (tertiary/aromatic N) is 2. The molecule has 29 heavy (non-hydrogen) atoms. The van der Waals surface area contributed by atoms with Gasteiger partial charge >= 0.3 is 5.97 Å². The lowest BCUT2D eigenvalue weighted by Gasteiger charge is -2.33. The normalized spacial score (nSPS) is 16.2. The van der Waals surface area contributed by atoms with E-state index in [0.29, 0.717) is 12.2 Å². The van der Waals surface area contributed by atoms with E-state index in [9.17, 15) is 19.7 Å². The average Bonchev–Trinajstić information content (AvgIpc) is 2.73. The lowest BCUT2D eigenvalue weighted by molar-refractivity contribution is -0.383. The molecule has 0 aromatic heterocycles. The van der Waals surface area contributed by atoms with Gasteiger partial charge in [-0.25, -0.2) is 4.79 Å². The molecule has 1 unspecified atom stereocenters. The van der Waals surface area contributed by atoms with Crippen LogP contribution in [0.2, 0.25) is 0 Å². The van der Waals surface area contributed by atoms with E-state index in [1.165, 1.54) is 12.1 Å². The van der Waals surface area contributed by atoms with Crippen LogP contribution < -0.4 is 5.32 Å². The van der Waals surface area contributed by atoms with Crippen LogP contribution in [0.1, 0.15) is 36.5 Å². The summed E-state index contributed by atoms with van der Waals surface area (Å²) < 4.78 is 5.11. The fourth-order valence-corrected chi connectivity index (χ4v) is 3.35. The summed E-state index contributed by atoms with van der Waals surface area (Å²) in [5.41, 5.74) is 0.720. The maximum Gasteiger partial charge on any atom is 0.338 e. The molecule has 0 radical (unpaired) electrons. The molecular formula is C21H23N3O5. The summed E-state index contributed by atoms with van der Waals surface area (Å²) in [6.07, 6.45) is 2.95. The molecule has 1 saturated heterocycles. The summed E-state index contributed by atoms with van der Waals surface area (Å²) in [5, 5.41) is 14.4. The van der Waals surface area contributed by atoms with Crippen molar-refractivity contribution in [2.45, 2.75) is 32.2 Å². The third-order valence-corrected chi connectivity index (χ3v) is 4.93. The van der Waals surface area contributed by atoms with E-state index in [0.717, 1.165) is 25.3 Å². The van der Waals surface area contributed by atoms with Gasteiger partial charge < -0.3 is 15.0 Å². The second kappa shape index (κ2) is 9.18. The number of hydrogen-bond donors (Lipinski definition) is 1. The first-order valence-corrected chi connectivity index (χ1v) is 9.53. The van der Waals surface area contributed by atoms with E-state index >= 15 is 0 Å². The van der Waals surface area contributed by atoms with Crippen molar-refractivity contribution < 1.29 is 19.2 Å². The predicted molar refractivity (Wildman–Crippen MR) is 108 cm³/mol. The molecule has 1 aliphatic heterocycles. The van der Waals surface area contributed by atoms with Crippen molar-refractivity contribution in [2.75, 3.05) is 18.5 Å². The van der Waals surface area contributed by atoms with Gasteiger partial charge in [-0.15, -0.1) is 0 Å². The number of carbonyl (C=O) groups is 2. The number of hydrogen-bond acceptors (Lipinski definition) is 6. The third-order valence-electron chi connectivity index (χ3n) is 4.93. The number of para-hydroxylation sites is 1. The van der Waals surface area contributed by atoms with Gasteiger partial charge in [-0.2, -0.15) is 0 Å². The summed E-state index contributed by atoms with van der Waals surface area (Å²) in [5.74, 6) is -1.01. The number of nitrogens with one attached hydrogen (secondary N) is 1. The molecule has 0 aliphatic carbocycles. The van der Waals surface area contributed by atoms with Crippen LogP contribution >= 0.6 is 0 Å². The molecule has 1 N–H and O–H groups in total. The standard InChI is InChI=1S/C21H23N3O5/c1-15-7-5-6-12-23(15)20(25)14-29-21(26)16-10-11-18(19(13-16)24(27)28)22-17-8-3-2-4-9-17/h2-4,8-11,13,15,22H,5-7,12,14H2,1H3. The smallest absolute Gasteiger partial charge is 0.338 e. The molecule has 0 saturated carbocycles. The van der Waals surface area contributed by atoms with Crippen LogP contribution in [-0.2, 0) is 9.53 Å². The van der Waals surface area contributed by atoms with Crippen LogP contribution in [0, 0.1) is 10.1 Å². The molecule has 1 fully saturated rings. The highest BCUT2D eigenvalue weighted by atomic mass is 16.6. The van der Waals surface area contributed by atoms with Gasteiger partial charge in [-0.3, -0.25) is 14.9 Å². The van der Waals surface area contributed by atoms with Crippen LogP contribution in [0.5, 0.6) is 0 Å². The third kappa shape index (κ3) is 5.10. The molecular weight excluding hydrogens is 374 g/mol. The number of rotatable bonds is 6. The Bertz CT molecular complexity index is 900. The van der Waals surface area contributed by atoms with Crippen molar-refractivity contribution in [3.8, 4) is 0 Å². The van der Waals surface area contributed by atoms with E-state index in [1.807, 2.05) is 13.0 Å². The molecule has 0 spiro atoms. The first-order chi connectivity index (χ1) is 14.0. The summed E-state index contributed by atoms with van der Waals surface area (Å²) in [4.78, 5) is 37.2. The minimum absolute atomic E-state index is 0.0230. The Kier molecular flexibility index (Phi) is 6.43. The number of carbonyl (C=O) groups excluding carboxylic acids is 2. The van der Waals surface area contributed by atoms with Crippen molar-refractivity contribution in [1.29, 1.82) is 0 Å². The first-order valence-electron chi connectivity index (χ1n) is 9.53. The van der Waals surface area contributed by atoms with Crippen LogP contribution in [0.3, 0.4) is 0 Å². The molecule has 152 valence electrons. The minimum Gasteiger partial charge on any atom is -0.452 e. The number of piperidine rings is 1. The summed E-state index contributed by atoms with van der Waals surface area (Å²) in [7, 11) is 0. The topological polar surface area (TPSA) is 102 Å². The molecule has 8 heteroatoms. The SMILES string of the molecule is CC1CCCCN1C(=O)COC(=O)c1ccc(Nc2ccccc2)c([N+](=O)[O-])c1. The Morgan fingerprint density at radius 1 is 1.21 bits per heavy atom. The van der Waals surface area contributed by atoms with Gasteiger partial charge in [-0.05, 0) is 50.5 Å². The number of esters is 1. The highest BCUT2D eigenvalue weighted by Crippen LogP contribution is 2.29. The number of nitro groups is 1. The zero-order valence-electron chi connectivity index (χ0n) is 16.2. The Labute approximate surface area is 168 Å². The van der Waals surface area contributed by atoms with Gasteiger partial charge in [0.05, 0.1) is 10.5 Å². The summed E-state index contributed by atoms with van der Waals surface area (Å²) >= 11 is 0. The zero-order chi connectivity index (χ0) is 20.8. The van der Waals surface area contributed by atoms with Crippen LogP contribution in [0.25, 0.3) is 0 Å². The molecule has 2 aromatic carbocycles. The second-order valence-electron chi connectivity index (χ2n) is 6.99. The predicted octanol–water partition coefficient (Wildman–Crippen LogP) is 3.90. The zero-order valence-corrected chi connectivity index (χ0v) is 16.2. The fraction of sp³-hybridized carbons (Fsp3) is 0.333. The Morgan fingerprint density at radius 3 is 2.66 bits per heavy atom. The molecule has 3 rings (SSSR count). The fourth-order valence-electron chi connectivity index (χ4n) is 3.35. The number of nitro benzene ring substituents is 1. The summed E-state index contributed by atoms with van der Waals surface area (Å²) in [6, 6.07) is 13.2. The Balaban J connectivity index is 1.68. The number of anilines is 2. The van der Waals surface area contributed by atoms with Gasteiger partial charge in [0.2, 0.25) is 0 Å². The molecule has 1 heterocycles. The molecule has 1 amide bonds. The van der Waals surface area contributed by atoms with Gasteiger partial charge in [0, 0.05) is 24.3 Å². The highest BCUT2D eigenvalue weighted by molar-refractivity contribution is 5.93. The molecule has 1 atom stereocenters. The molecule has 2 aromatic rings. The van der Waals surface area contributed by atoms with Crippen LogP contribution in [0.15, 0.2) is 48.5 Å². The van der Waals surface area contributed by atoms with Crippen molar-refractivity contribution in [1.82, 2.24) is 4.90 Å². The van der Waals surface area contributed by atoms with Crippen LogP contribution in [-0.4, -0.2) is 40.9 Å². The largest absolute Gasteiger partial charge is 0.452 e. The summed E-state index contributed by atoms with van der Waals surface area (Å²) in [6.45, 7) is 2.25. The van der Waals surface area contributed by atoms with Crippen molar-refractivity contribution >= 4 is 28.9 Å². The lowest BCUT2D eigenvalue weighted by Crippen LogP contribution is -2.44. The van der Waals surface area contributed by atoms with Gasteiger partial charge in [0.1, 0.15) is 5.69 Å². The van der Waals surface area contributed by atoms with E-state index in [2.05, 4.69) is 5.32 Å². The highest BCUT2D eigenvalue weighted by Gasteiger charge is 2.25. The maximum atomic E-state index is 12.3. The minimum atomic E-state index is -0.766. The molecule has 8 nitrogen and oxygen atoms in total. The Hall–Kier alpha value is -3.42.